The molecule has 0 spiro atoms. The van der Waals surface area contributed by atoms with Gasteiger partial charge < -0.3 is 5.32 Å². The van der Waals surface area contributed by atoms with Crippen molar-refractivity contribution in [2.24, 2.45) is 0 Å². The maximum atomic E-state index is 4.38. The van der Waals surface area contributed by atoms with Gasteiger partial charge in [-0.3, -0.25) is 4.98 Å². The topological polar surface area (TPSA) is 24.9 Å². The van der Waals surface area contributed by atoms with Crippen LogP contribution in [0.2, 0.25) is 0 Å². The quantitative estimate of drug-likeness (QED) is 0.761. The Hall–Kier alpha value is -2.45. The van der Waals surface area contributed by atoms with E-state index in [-0.39, 0.29) is 6.04 Å². The van der Waals surface area contributed by atoms with E-state index in [2.05, 4.69) is 58.8 Å². The molecule has 3 aromatic rings. The third-order valence-electron chi connectivity index (χ3n) is 3.48. The van der Waals surface area contributed by atoms with Crippen LogP contribution in [0.1, 0.15) is 22.9 Å². The third-order valence-corrected chi connectivity index (χ3v) is 3.48. The Labute approximate surface area is 125 Å². The molecule has 0 aliphatic carbocycles. The number of rotatable bonds is 5. The van der Waals surface area contributed by atoms with Gasteiger partial charge in [-0.15, -0.1) is 0 Å². The summed E-state index contributed by atoms with van der Waals surface area (Å²) in [5.41, 5.74) is 3.58. The van der Waals surface area contributed by atoms with Crippen molar-refractivity contribution in [3.63, 3.8) is 0 Å². The molecule has 2 heteroatoms. The molecule has 0 saturated carbocycles. The van der Waals surface area contributed by atoms with Crippen LogP contribution >= 0.6 is 0 Å². The standard InChI is InChI=1S/C19H18N2/c1-3-9-16(10-4-1)19(17-11-5-2-6-12-17)21-15-18-13-7-8-14-20-18/h1-14,19,21H,15H2. The summed E-state index contributed by atoms with van der Waals surface area (Å²) in [5.74, 6) is 0. The van der Waals surface area contributed by atoms with Crippen LogP contribution < -0.4 is 5.32 Å². The van der Waals surface area contributed by atoms with E-state index in [1.54, 1.807) is 0 Å². The molecule has 2 aromatic carbocycles. The molecule has 0 bridgehead atoms. The first-order valence-corrected chi connectivity index (χ1v) is 7.16. The first-order valence-electron chi connectivity index (χ1n) is 7.16. The van der Waals surface area contributed by atoms with E-state index in [4.69, 9.17) is 0 Å². The predicted molar refractivity (Wildman–Crippen MR) is 85.8 cm³/mol. The van der Waals surface area contributed by atoms with Crippen LogP contribution in [-0.4, -0.2) is 4.98 Å². The van der Waals surface area contributed by atoms with Crippen LogP contribution in [-0.2, 0) is 6.54 Å². The fourth-order valence-corrected chi connectivity index (χ4v) is 2.43. The Morgan fingerprint density at radius 2 is 1.29 bits per heavy atom. The molecule has 1 N–H and O–H groups in total. The average molecular weight is 274 g/mol. The lowest BCUT2D eigenvalue weighted by molar-refractivity contribution is 0.597. The highest BCUT2D eigenvalue weighted by Gasteiger charge is 2.12. The molecule has 0 unspecified atom stereocenters. The highest BCUT2D eigenvalue weighted by molar-refractivity contribution is 5.31. The van der Waals surface area contributed by atoms with Crippen LogP contribution in [0.25, 0.3) is 0 Å². The Morgan fingerprint density at radius 3 is 1.81 bits per heavy atom. The lowest BCUT2D eigenvalue weighted by Crippen LogP contribution is -2.22. The molecule has 0 atom stereocenters. The molecule has 21 heavy (non-hydrogen) atoms. The number of hydrogen-bond acceptors (Lipinski definition) is 2. The fourth-order valence-electron chi connectivity index (χ4n) is 2.43. The molecule has 0 amide bonds. The van der Waals surface area contributed by atoms with Gasteiger partial charge in [-0.05, 0) is 23.3 Å². The Morgan fingerprint density at radius 1 is 0.714 bits per heavy atom. The van der Waals surface area contributed by atoms with Gasteiger partial charge in [0.15, 0.2) is 0 Å². The van der Waals surface area contributed by atoms with Crippen LogP contribution in [0.4, 0.5) is 0 Å². The highest BCUT2D eigenvalue weighted by Crippen LogP contribution is 2.22. The minimum absolute atomic E-state index is 0.175. The Balaban J connectivity index is 1.83. The summed E-state index contributed by atoms with van der Waals surface area (Å²) in [6, 6.07) is 27.2. The van der Waals surface area contributed by atoms with Crippen LogP contribution in [0.15, 0.2) is 85.1 Å². The van der Waals surface area contributed by atoms with E-state index < -0.39 is 0 Å². The zero-order chi connectivity index (χ0) is 14.3. The maximum Gasteiger partial charge on any atom is 0.0579 e. The number of nitrogens with zero attached hydrogens (tertiary/aromatic N) is 1. The van der Waals surface area contributed by atoms with E-state index >= 15 is 0 Å². The lowest BCUT2D eigenvalue weighted by Gasteiger charge is -2.19. The van der Waals surface area contributed by atoms with Crippen molar-refractivity contribution in [2.45, 2.75) is 12.6 Å². The van der Waals surface area contributed by atoms with Crippen molar-refractivity contribution in [3.8, 4) is 0 Å². The van der Waals surface area contributed by atoms with E-state index in [1.807, 2.05) is 36.5 Å². The van der Waals surface area contributed by atoms with Crippen molar-refractivity contribution in [1.82, 2.24) is 10.3 Å². The van der Waals surface area contributed by atoms with Crippen molar-refractivity contribution in [1.29, 1.82) is 0 Å². The molecule has 0 fully saturated rings. The summed E-state index contributed by atoms with van der Waals surface area (Å²) in [6.45, 7) is 0.745. The highest BCUT2D eigenvalue weighted by atomic mass is 14.9. The predicted octanol–water partition coefficient (Wildman–Crippen LogP) is 3.96. The summed E-state index contributed by atoms with van der Waals surface area (Å²) >= 11 is 0. The number of hydrogen-bond donors (Lipinski definition) is 1. The van der Waals surface area contributed by atoms with E-state index in [0.29, 0.717) is 0 Å². The second-order valence-electron chi connectivity index (χ2n) is 4.96. The molecule has 2 nitrogen and oxygen atoms in total. The molecule has 3 rings (SSSR count). The summed E-state index contributed by atoms with van der Waals surface area (Å²) in [5, 5.41) is 3.61. The van der Waals surface area contributed by atoms with Crippen molar-refractivity contribution in [2.75, 3.05) is 0 Å². The molecule has 0 radical (unpaired) electrons. The van der Waals surface area contributed by atoms with Gasteiger partial charge in [-0.25, -0.2) is 0 Å². The van der Waals surface area contributed by atoms with Gasteiger partial charge in [0.25, 0.3) is 0 Å². The van der Waals surface area contributed by atoms with Crippen molar-refractivity contribution >= 4 is 0 Å². The average Bonchev–Trinajstić information content (AvgIpc) is 2.58. The van der Waals surface area contributed by atoms with Gasteiger partial charge in [0.1, 0.15) is 0 Å². The SMILES string of the molecule is c1ccc(C(NCc2ccccn2)c2ccccc2)cc1. The number of nitrogens with one attached hydrogen (secondary N) is 1. The zero-order valence-corrected chi connectivity index (χ0v) is 11.8. The molecule has 0 aliphatic rings. The monoisotopic (exact) mass is 274 g/mol. The minimum Gasteiger partial charge on any atom is -0.301 e. The van der Waals surface area contributed by atoms with Crippen LogP contribution in [0.5, 0.6) is 0 Å². The molecule has 1 aromatic heterocycles. The normalized spacial score (nSPS) is 10.7. The number of benzene rings is 2. The van der Waals surface area contributed by atoms with Gasteiger partial charge in [0.2, 0.25) is 0 Å². The second-order valence-corrected chi connectivity index (χ2v) is 4.96. The molecule has 104 valence electrons. The number of pyridine rings is 1. The van der Waals surface area contributed by atoms with Crippen LogP contribution in [0, 0.1) is 0 Å². The van der Waals surface area contributed by atoms with E-state index in [9.17, 15) is 0 Å². The first kappa shape index (κ1) is 13.5. The molecular weight excluding hydrogens is 256 g/mol. The van der Waals surface area contributed by atoms with Gasteiger partial charge in [-0.1, -0.05) is 66.7 Å². The summed E-state index contributed by atoms with van der Waals surface area (Å²) < 4.78 is 0. The maximum absolute atomic E-state index is 4.38. The van der Waals surface area contributed by atoms with Gasteiger partial charge in [0.05, 0.1) is 11.7 Å². The van der Waals surface area contributed by atoms with Crippen molar-refractivity contribution < 1.29 is 0 Å². The van der Waals surface area contributed by atoms with E-state index in [0.717, 1.165) is 12.2 Å². The fraction of sp³-hybridized carbons (Fsp3) is 0.105. The molecular formula is C19H18N2. The zero-order valence-electron chi connectivity index (χ0n) is 11.8. The van der Waals surface area contributed by atoms with Crippen molar-refractivity contribution in [3.05, 3.63) is 102 Å². The first-order chi connectivity index (χ1) is 10.4. The summed E-state index contributed by atoms with van der Waals surface area (Å²) in [4.78, 5) is 4.38. The number of aromatic nitrogens is 1. The van der Waals surface area contributed by atoms with Gasteiger partial charge in [0, 0.05) is 12.7 Å². The summed E-state index contributed by atoms with van der Waals surface area (Å²) in [7, 11) is 0. The Bertz CT molecular complexity index is 611. The molecule has 0 aliphatic heterocycles. The van der Waals surface area contributed by atoms with Crippen LogP contribution in [0.3, 0.4) is 0 Å². The largest absolute Gasteiger partial charge is 0.301 e. The summed E-state index contributed by atoms with van der Waals surface area (Å²) in [6.07, 6.45) is 1.83. The minimum atomic E-state index is 0.175. The lowest BCUT2D eigenvalue weighted by atomic mass is 9.98. The third kappa shape index (κ3) is 3.56. The van der Waals surface area contributed by atoms with Gasteiger partial charge in [-0.2, -0.15) is 0 Å². The molecule has 0 saturated heterocycles. The Kier molecular flexibility index (Phi) is 4.39. The van der Waals surface area contributed by atoms with E-state index in [1.165, 1.54) is 11.1 Å². The smallest absolute Gasteiger partial charge is 0.0579 e. The second kappa shape index (κ2) is 6.82. The molecule has 1 heterocycles. The van der Waals surface area contributed by atoms with Gasteiger partial charge >= 0.3 is 0 Å².